The monoisotopic (exact) mass is 419 g/mol. The van der Waals surface area contributed by atoms with Gasteiger partial charge >= 0.3 is 0 Å². The Morgan fingerprint density at radius 3 is 2.40 bits per heavy atom. The molecular weight excluding hydrogens is 398 g/mol. The number of para-hydroxylation sites is 1. The van der Waals surface area contributed by atoms with Crippen LogP contribution in [0.4, 0.5) is 11.4 Å². The Balaban J connectivity index is 1.40. The summed E-state index contributed by atoms with van der Waals surface area (Å²) in [4.78, 5) is 27.3. The summed E-state index contributed by atoms with van der Waals surface area (Å²) in [5.41, 5.74) is 4.25. The van der Waals surface area contributed by atoms with Crippen molar-refractivity contribution in [2.24, 2.45) is 0 Å². The summed E-state index contributed by atoms with van der Waals surface area (Å²) >= 11 is 5.89. The second-order valence-corrected chi connectivity index (χ2v) is 7.63. The zero-order valence-corrected chi connectivity index (χ0v) is 17.2. The minimum atomic E-state index is -0.250. The highest BCUT2D eigenvalue weighted by Crippen LogP contribution is 2.21. The minimum Gasteiger partial charge on any atom is -0.376 e. The Kier molecular flexibility index (Phi) is 6.00. The van der Waals surface area contributed by atoms with Crippen LogP contribution in [0, 0.1) is 0 Å². The summed E-state index contributed by atoms with van der Waals surface area (Å²) in [6, 6.07) is 22.3. The fourth-order valence-electron chi connectivity index (χ4n) is 3.56. The van der Waals surface area contributed by atoms with Gasteiger partial charge in [-0.2, -0.15) is 0 Å². The normalized spacial score (nSPS) is 12.8. The number of hydrogen-bond donors (Lipinski definition) is 2. The molecule has 5 nitrogen and oxygen atoms in total. The molecular formula is C24H22ClN3O2. The third-order valence-electron chi connectivity index (χ3n) is 5.19. The van der Waals surface area contributed by atoms with Crippen molar-refractivity contribution in [1.82, 2.24) is 4.90 Å². The van der Waals surface area contributed by atoms with Crippen molar-refractivity contribution in [3.63, 3.8) is 0 Å². The van der Waals surface area contributed by atoms with Gasteiger partial charge in [-0.1, -0.05) is 48.0 Å². The molecule has 0 saturated heterocycles. The fourth-order valence-corrected chi connectivity index (χ4v) is 3.68. The van der Waals surface area contributed by atoms with Gasteiger partial charge in [-0.3, -0.25) is 9.59 Å². The zero-order chi connectivity index (χ0) is 20.9. The van der Waals surface area contributed by atoms with Crippen LogP contribution in [0.5, 0.6) is 0 Å². The van der Waals surface area contributed by atoms with Gasteiger partial charge in [0.05, 0.1) is 12.1 Å². The summed E-state index contributed by atoms with van der Waals surface area (Å²) in [6.45, 7) is 1.46. The van der Waals surface area contributed by atoms with E-state index in [1.54, 1.807) is 42.5 Å². The maximum Gasteiger partial charge on any atom is 0.257 e. The predicted molar refractivity (Wildman–Crippen MR) is 120 cm³/mol. The summed E-state index contributed by atoms with van der Waals surface area (Å²) in [5, 5.41) is 6.60. The van der Waals surface area contributed by atoms with E-state index in [9.17, 15) is 9.59 Å². The molecule has 4 rings (SSSR count). The van der Waals surface area contributed by atoms with Gasteiger partial charge in [0.25, 0.3) is 5.91 Å². The van der Waals surface area contributed by atoms with Crippen molar-refractivity contribution >= 4 is 34.8 Å². The molecule has 0 aliphatic carbocycles. The van der Waals surface area contributed by atoms with Crippen LogP contribution < -0.4 is 10.6 Å². The van der Waals surface area contributed by atoms with Crippen molar-refractivity contribution in [2.45, 2.75) is 13.0 Å². The van der Waals surface area contributed by atoms with Gasteiger partial charge < -0.3 is 15.5 Å². The van der Waals surface area contributed by atoms with Crippen LogP contribution >= 0.6 is 11.6 Å². The molecule has 1 aliphatic heterocycles. The molecule has 6 heteroatoms. The number of carbonyl (C=O) groups is 2. The van der Waals surface area contributed by atoms with Crippen LogP contribution in [0.15, 0.2) is 72.8 Å². The molecule has 2 amide bonds. The lowest BCUT2D eigenvalue weighted by Crippen LogP contribution is -2.39. The van der Waals surface area contributed by atoms with Gasteiger partial charge in [0, 0.05) is 29.5 Å². The highest BCUT2D eigenvalue weighted by Gasteiger charge is 2.20. The first-order valence-electron chi connectivity index (χ1n) is 9.84. The van der Waals surface area contributed by atoms with Gasteiger partial charge in [-0.25, -0.2) is 0 Å². The molecule has 152 valence electrons. The third kappa shape index (κ3) is 4.63. The number of benzene rings is 3. The molecule has 30 heavy (non-hydrogen) atoms. The second kappa shape index (κ2) is 9.01. The van der Waals surface area contributed by atoms with Crippen molar-refractivity contribution in [2.75, 3.05) is 23.7 Å². The van der Waals surface area contributed by atoms with Crippen LogP contribution in [0.25, 0.3) is 0 Å². The van der Waals surface area contributed by atoms with Crippen LogP contribution in [-0.4, -0.2) is 29.8 Å². The maximum atomic E-state index is 12.7. The van der Waals surface area contributed by atoms with Crippen molar-refractivity contribution in [3.8, 4) is 0 Å². The van der Waals surface area contributed by atoms with E-state index in [0.717, 1.165) is 6.42 Å². The number of amides is 2. The van der Waals surface area contributed by atoms with E-state index in [2.05, 4.69) is 22.8 Å². The number of anilines is 2. The van der Waals surface area contributed by atoms with Gasteiger partial charge in [-0.05, 0) is 53.9 Å². The van der Waals surface area contributed by atoms with Gasteiger partial charge in [-0.15, -0.1) is 0 Å². The van der Waals surface area contributed by atoms with E-state index in [-0.39, 0.29) is 18.4 Å². The molecule has 3 aromatic rings. The van der Waals surface area contributed by atoms with Crippen molar-refractivity contribution < 1.29 is 9.59 Å². The van der Waals surface area contributed by atoms with Crippen LogP contribution in [0.2, 0.25) is 5.02 Å². The van der Waals surface area contributed by atoms with Crippen LogP contribution in [0.3, 0.4) is 0 Å². The van der Waals surface area contributed by atoms with Crippen LogP contribution in [0.1, 0.15) is 21.5 Å². The number of rotatable bonds is 5. The van der Waals surface area contributed by atoms with E-state index in [0.29, 0.717) is 35.1 Å². The fraction of sp³-hybridized carbons (Fsp3) is 0.167. The van der Waals surface area contributed by atoms with Gasteiger partial charge in [0.15, 0.2) is 0 Å². The summed E-state index contributed by atoms with van der Waals surface area (Å²) < 4.78 is 0. The number of fused-ring (bicyclic) bond motifs is 1. The van der Waals surface area contributed by atoms with Crippen LogP contribution in [-0.2, 0) is 17.8 Å². The number of nitrogens with zero attached hydrogens (tertiary/aromatic N) is 1. The van der Waals surface area contributed by atoms with E-state index in [1.165, 1.54) is 11.1 Å². The molecule has 0 spiro atoms. The average Bonchev–Trinajstić information content (AvgIpc) is 2.78. The molecule has 0 saturated carbocycles. The SMILES string of the molecule is O=C(Nc1ccc(Cl)cc1)c1ccccc1NCC(=O)N1CCc2ccccc2C1. The molecule has 0 atom stereocenters. The molecule has 2 N–H and O–H groups in total. The Labute approximate surface area is 180 Å². The Morgan fingerprint density at radius 1 is 0.900 bits per heavy atom. The molecule has 1 heterocycles. The third-order valence-corrected chi connectivity index (χ3v) is 5.44. The summed E-state index contributed by atoms with van der Waals surface area (Å²) in [5.74, 6) is -0.239. The first kappa shape index (κ1) is 20.0. The summed E-state index contributed by atoms with van der Waals surface area (Å²) in [7, 11) is 0. The lowest BCUT2D eigenvalue weighted by molar-refractivity contribution is -0.130. The number of nitrogens with one attached hydrogen (secondary N) is 2. The van der Waals surface area contributed by atoms with E-state index < -0.39 is 0 Å². The quantitative estimate of drug-likeness (QED) is 0.635. The lowest BCUT2D eigenvalue weighted by atomic mass is 10.00. The second-order valence-electron chi connectivity index (χ2n) is 7.19. The largest absolute Gasteiger partial charge is 0.376 e. The van der Waals surface area contributed by atoms with E-state index >= 15 is 0 Å². The highest BCUT2D eigenvalue weighted by atomic mass is 35.5. The van der Waals surface area contributed by atoms with Gasteiger partial charge in [0.1, 0.15) is 0 Å². The molecule has 0 unspecified atom stereocenters. The molecule has 0 radical (unpaired) electrons. The number of carbonyl (C=O) groups excluding carboxylic acids is 2. The van der Waals surface area contributed by atoms with Gasteiger partial charge in [0.2, 0.25) is 5.91 Å². The number of halogens is 1. The Morgan fingerprint density at radius 2 is 1.60 bits per heavy atom. The standard InChI is InChI=1S/C24H22ClN3O2/c25-19-9-11-20(12-10-19)27-24(30)21-7-3-4-8-22(21)26-15-23(29)28-14-13-17-5-1-2-6-18(17)16-28/h1-12,26H,13-16H2,(H,27,30). The minimum absolute atomic E-state index is 0.0115. The first-order valence-corrected chi connectivity index (χ1v) is 10.2. The maximum absolute atomic E-state index is 12.7. The van der Waals surface area contributed by atoms with E-state index in [4.69, 9.17) is 11.6 Å². The smallest absolute Gasteiger partial charge is 0.257 e. The molecule has 0 bridgehead atoms. The molecule has 3 aromatic carbocycles. The van der Waals surface area contributed by atoms with Crippen molar-refractivity contribution in [3.05, 3.63) is 94.5 Å². The predicted octanol–water partition coefficient (Wildman–Crippen LogP) is 4.59. The highest BCUT2D eigenvalue weighted by molar-refractivity contribution is 6.30. The molecule has 0 aromatic heterocycles. The topological polar surface area (TPSA) is 61.4 Å². The Hall–Kier alpha value is -3.31. The summed E-state index contributed by atoms with van der Waals surface area (Å²) in [6.07, 6.45) is 0.863. The zero-order valence-electron chi connectivity index (χ0n) is 16.4. The average molecular weight is 420 g/mol. The van der Waals surface area contributed by atoms with E-state index in [1.807, 2.05) is 23.1 Å². The Bertz CT molecular complexity index is 1070. The van der Waals surface area contributed by atoms with Crippen molar-refractivity contribution in [1.29, 1.82) is 0 Å². The number of hydrogen-bond acceptors (Lipinski definition) is 3. The molecule has 0 fully saturated rings. The first-order chi connectivity index (χ1) is 14.6. The lowest BCUT2D eigenvalue weighted by Gasteiger charge is -2.29. The molecule has 1 aliphatic rings.